The molecule has 0 aromatic heterocycles. The number of benzene rings is 3. The number of carbonyl (C=O) groups is 6. The van der Waals surface area contributed by atoms with E-state index in [2.05, 4.69) is 25.9 Å². The average Bonchev–Trinajstić information content (AvgIpc) is 3.23. The number of nitrogens with zero attached hydrogens (tertiary/aromatic N) is 4. The number of urea groups is 1. The van der Waals surface area contributed by atoms with Crippen LogP contribution in [0.15, 0.2) is 84.0 Å². The molecule has 1 saturated heterocycles. The molecular formula is C36H40N6O8. The van der Waals surface area contributed by atoms with Crippen molar-refractivity contribution in [2.75, 3.05) is 4.90 Å². The zero-order chi connectivity index (χ0) is 37.0. The zero-order valence-corrected chi connectivity index (χ0v) is 28.5. The first kappa shape index (κ1) is 37.1. The van der Waals surface area contributed by atoms with Gasteiger partial charge in [0.15, 0.2) is 11.8 Å². The molecule has 3 aromatic carbocycles. The van der Waals surface area contributed by atoms with Crippen molar-refractivity contribution in [2.45, 2.75) is 77.2 Å². The number of Topliss-reactive ketones (excluding diaryl/α,β-unsaturated/α-hetero) is 1. The van der Waals surface area contributed by atoms with Gasteiger partial charge in [0.1, 0.15) is 5.54 Å². The van der Waals surface area contributed by atoms with E-state index in [0.717, 1.165) is 12.5 Å². The van der Waals surface area contributed by atoms with Crippen molar-refractivity contribution in [3.05, 3.63) is 101 Å². The molecule has 1 heterocycles. The highest BCUT2D eigenvalue weighted by Gasteiger charge is 2.58. The van der Waals surface area contributed by atoms with Crippen LogP contribution in [0.5, 0.6) is 0 Å². The fourth-order valence-corrected chi connectivity index (χ4v) is 5.64. The van der Waals surface area contributed by atoms with Gasteiger partial charge in [-0.3, -0.25) is 29.0 Å². The molecule has 4 rings (SSSR count). The minimum Gasteiger partial charge on any atom is -0.481 e. The van der Waals surface area contributed by atoms with Crippen molar-refractivity contribution < 1.29 is 38.7 Å². The zero-order valence-electron chi connectivity index (χ0n) is 28.5. The van der Waals surface area contributed by atoms with Crippen molar-refractivity contribution in [2.24, 2.45) is 10.8 Å². The van der Waals surface area contributed by atoms with E-state index in [9.17, 15) is 33.9 Å². The molecule has 4 N–H and O–H groups in total. The number of para-hydroxylation sites is 1. The Hall–Kier alpha value is -5.76. The molecule has 0 bridgehead atoms. The molecule has 4 amide bonds. The van der Waals surface area contributed by atoms with Gasteiger partial charge in [-0.2, -0.15) is 5.11 Å². The number of carboxylic acids is 1. The summed E-state index contributed by atoms with van der Waals surface area (Å²) in [5.41, 5.74) is 14.0. The van der Waals surface area contributed by atoms with Crippen LogP contribution in [0.1, 0.15) is 63.3 Å². The topological polar surface area (TPSA) is 204 Å². The minimum atomic E-state index is -2.04. The number of hydroxylamine groups is 2. The molecular weight excluding hydrogens is 644 g/mol. The minimum absolute atomic E-state index is 0.0271. The monoisotopic (exact) mass is 684 g/mol. The summed E-state index contributed by atoms with van der Waals surface area (Å²) in [4.78, 5) is 87.5. The Bertz CT molecular complexity index is 1790. The van der Waals surface area contributed by atoms with Gasteiger partial charge >= 0.3 is 18.0 Å². The van der Waals surface area contributed by atoms with E-state index in [1.165, 1.54) is 36.1 Å². The summed E-state index contributed by atoms with van der Waals surface area (Å²) in [6, 6.07) is 16.9. The first-order valence-corrected chi connectivity index (χ1v) is 15.8. The van der Waals surface area contributed by atoms with E-state index in [1.807, 2.05) is 24.3 Å². The fraction of sp³-hybridized carbons (Fsp3) is 0.333. The Kier molecular flexibility index (Phi) is 11.0. The average molecular weight is 685 g/mol. The highest BCUT2D eigenvalue weighted by molar-refractivity contribution is 6.15. The van der Waals surface area contributed by atoms with Gasteiger partial charge in [0.2, 0.25) is 5.91 Å². The number of hydrogen-bond donors (Lipinski definition) is 3. The number of hydrogen-bond acceptors (Lipinski definition) is 10. The normalized spacial score (nSPS) is 17.2. The van der Waals surface area contributed by atoms with Gasteiger partial charge in [0.05, 0.1) is 19.0 Å². The van der Waals surface area contributed by atoms with Crippen molar-refractivity contribution in [1.82, 2.24) is 9.96 Å². The SMILES string of the molecule is CC(=O)[C@@H](C(=O)ON1C(=O)N(Cc2ccc(C(C)(C)C)cc2)[C@](C)(c2ccc(CN=N)cc2)C1=O)N(C(=O)[C@@H](N)CC(=O)O)c1ccccc1. The third-order valence-corrected chi connectivity index (χ3v) is 8.52. The Balaban J connectivity index is 1.75. The van der Waals surface area contributed by atoms with E-state index in [1.54, 1.807) is 30.3 Å². The molecule has 1 fully saturated rings. The molecule has 14 heteroatoms. The molecule has 0 saturated carbocycles. The molecule has 1 aliphatic heterocycles. The van der Waals surface area contributed by atoms with E-state index in [-0.39, 0.29) is 29.3 Å². The van der Waals surface area contributed by atoms with E-state index < -0.39 is 59.6 Å². The second-order valence-electron chi connectivity index (χ2n) is 13.2. The molecule has 0 radical (unpaired) electrons. The lowest BCUT2D eigenvalue weighted by Crippen LogP contribution is -2.56. The van der Waals surface area contributed by atoms with Crippen molar-refractivity contribution in [1.29, 1.82) is 5.53 Å². The van der Waals surface area contributed by atoms with Gasteiger partial charge in [-0.15, -0.1) is 0 Å². The van der Waals surface area contributed by atoms with Crippen LogP contribution < -0.4 is 10.6 Å². The molecule has 3 aromatic rings. The quantitative estimate of drug-likeness (QED) is 0.132. The van der Waals surface area contributed by atoms with Crippen LogP contribution in [0.3, 0.4) is 0 Å². The van der Waals surface area contributed by atoms with Gasteiger partial charge < -0.3 is 15.7 Å². The molecule has 0 spiro atoms. The summed E-state index contributed by atoms with van der Waals surface area (Å²) in [5, 5.41) is 12.9. The van der Waals surface area contributed by atoms with Crippen LogP contribution in [0.2, 0.25) is 0 Å². The Morgan fingerprint density at radius 3 is 2.06 bits per heavy atom. The second-order valence-corrected chi connectivity index (χ2v) is 13.2. The van der Waals surface area contributed by atoms with Crippen LogP contribution in [0.4, 0.5) is 10.5 Å². The summed E-state index contributed by atoms with van der Waals surface area (Å²) in [6.07, 6.45) is -0.802. The number of imide groups is 1. The molecule has 3 atom stereocenters. The standard InChI is InChI=1S/C36H40N6O8/c1-22(43)30(41(27-9-7-6-8-10-27)31(46)28(37)19-29(44)45)32(47)50-42-33(48)36(5,26-17-11-23(12-18-26)20-39-38)40(34(42)49)21-24-13-15-25(16-14-24)35(2,3)4/h6-18,28,30,38H,19-21,37H2,1-5H3,(H,44,45)/t28-,30-,36+/m0/s1. The van der Waals surface area contributed by atoms with E-state index >= 15 is 0 Å². The third kappa shape index (κ3) is 7.60. The van der Waals surface area contributed by atoms with Crippen LogP contribution in [-0.2, 0) is 52.9 Å². The van der Waals surface area contributed by atoms with Crippen LogP contribution in [0.25, 0.3) is 0 Å². The first-order valence-electron chi connectivity index (χ1n) is 15.8. The van der Waals surface area contributed by atoms with Gasteiger partial charge in [0.25, 0.3) is 5.91 Å². The van der Waals surface area contributed by atoms with Crippen LogP contribution >= 0.6 is 0 Å². The lowest BCUT2D eigenvalue weighted by Gasteiger charge is -2.32. The number of carboxylic acid groups (broad SMARTS) is 1. The number of carbonyl (C=O) groups excluding carboxylic acids is 5. The van der Waals surface area contributed by atoms with Crippen molar-refractivity contribution in [3.63, 3.8) is 0 Å². The second kappa shape index (κ2) is 14.8. The van der Waals surface area contributed by atoms with E-state index in [0.29, 0.717) is 21.6 Å². The molecule has 0 unspecified atom stereocenters. The number of nitrogens with two attached hydrogens (primary N) is 1. The highest BCUT2D eigenvalue weighted by Crippen LogP contribution is 2.39. The Morgan fingerprint density at radius 1 is 0.960 bits per heavy atom. The summed E-state index contributed by atoms with van der Waals surface area (Å²) in [5.74, 6) is -5.74. The molecule has 1 aliphatic rings. The Morgan fingerprint density at radius 2 is 1.54 bits per heavy atom. The van der Waals surface area contributed by atoms with Gasteiger partial charge in [0, 0.05) is 12.2 Å². The number of amides is 4. The van der Waals surface area contributed by atoms with Gasteiger partial charge in [-0.05, 0) is 53.6 Å². The number of anilines is 1. The smallest absolute Gasteiger partial charge is 0.363 e. The summed E-state index contributed by atoms with van der Waals surface area (Å²) in [7, 11) is 0. The highest BCUT2D eigenvalue weighted by atomic mass is 16.7. The van der Waals surface area contributed by atoms with E-state index in [4.69, 9.17) is 16.1 Å². The largest absolute Gasteiger partial charge is 0.481 e. The van der Waals surface area contributed by atoms with Gasteiger partial charge in [-0.1, -0.05) is 92.6 Å². The predicted molar refractivity (Wildman–Crippen MR) is 180 cm³/mol. The third-order valence-electron chi connectivity index (χ3n) is 8.52. The van der Waals surface area contributed by atoms with Crippen molar-refractivity contribution in [3.8, 4) is 0 Å². The lowest BCUT2D eigenvalue weighted by atomic mass is 9.86. The number of rotatable bonds is 13. The van der Waals surface area contributed by atoms with Crippen LogP contribution in [-0.4, -0.2) is 62.7 Å². The van der Waals surface area contributed by atoms with Gasteiger partial charge in [-0.25, -0.2) is 15.1 Å². The fourth-order valence-electron chi connectivity index (χ4n) is 5.64. The first-order chi connectivity index (χ1) is 23.5. The number of nitrogens with one attached hydrogen (secondary N) is 1. The predicted octanol–water partition coefficient (Wildman–Crippen LogP) is 4.45. The summed E-state index contributed by atoms with van der Waals surface area (Å²) < 4.78 is 0. The lowest BCUT2D eigenvalue weighted by molar-refractivity contribution is -0.186. The van der Waals surface area contributed by atoms with Crippen molar-refractivity contribution >= 4 is 41.3 Å². The number of ketones is 1. The molecule has 50 heavy (non-hydrogen) atoms. The maximum absolute atomic E-state index is 14.3. The summed E-state index contributed by atoms with van der Waals surface area (Å²) >= 11 is 0. The number of aliphatic carboxylic acids is 1. The summed E-state index contributed by atoms with van der Waals surface area (Å²) in [6.45, 7) is 8.73. The molecule has 14 nitrogen and oxygen atoms in total. The Labute approximate surface area is 289 Å². The molecule has 262 valence electrons. The molecule has 0 aliphatic carbocycles. The maximum atomic E-state index is 14.3. The van der Waals surface area contributed by atoms with Crippen LogP contribution in [0, 0.1) is 5.53 Å². The maximum Gasteiger partial charge on any atom is 0.363 e.